The van der Waals surface area contributed by atoms with Gasteiger partial charge in [-0.05, 0) is 18.9 Å². The van der Waals surface area contributed by atoms with E-state index in [4.69, 9.17) is 0 Å². The van der Waals surface area contributed by atoms with Gasteiger partial charge < -0.3 is 9.67 Å². The van der Waals surface area contributed by atoms with E-state index in [0.29, 0.717) is 23.4 Å². The highest BCUT2D eigenvalue weighted by Crippen LogP contribution is 2.41. The highest BCUT2D eigenvalue weighted by molar-refractivity contribution is 6.30. The van der Waals surface area contributed by atoms with Gasteiger partial charge in [-0.25, -0.2) is 4.99 Å². The molecule has 0 saturated carbocycles. The monoisotopic (exact) mass is 358 g/mol. The van der Waals surface area contributed by atoms with Crippen molar-refractivity contribution in [3.63, 3.8) is 0 Å². The molecule has 136 valence electrons. The van der Waals surface area contributed by atoms with Crippen molar-refractivity contribution in [2.75, 3.05) is 0 Å². The van der Waals surface area contributed by atoms with Crippen molar-refractivity contribution in [2.24, 2.45) is 4.99 Å². The second kappa shape index (κ2) is 6.88. The number of hydrogen-bond acceptors (Lipinski definition) is 2. The summed E-state index contributed by atoms with van der Waals surface area (Å²) >= 11 is 0. The third kappa shape index (κ3) is 2.87. The van der Waals surface area contributed by atoms with Crippen molar-refractivity contribution in [3.05, 3.63) is 76.9 Å². The van der Waals surface area contributed by atoms with Gasteiger partial charge in [0.25, 0.3) is 5.91 Å². The zero-order chi connectivity index (χ0) is 19.0. The highest BCUT2D eigenvalue weighted by Gasteiger charge is 2.35. The van der Waals surface area contributed by atoms with Crippen LogP contribution in [0, 0.1) is 6.92 Å². The van der Waals surface area contributed by atoms with E-state index in [1.807, 2.05) is 66.1 Å². The van der Waals surface area contributed by atoms with Gasteiger partial charge in [0.2, 0.25) is 5.88 Å². The van der Waals surface area contributed by atoms with Gasteiger partial charge in [-0.15, -0.1) is 0 Å². The maximum absolute atomic E-state index is 12.8. The number of hydrogen-bond donors (Lipinski definition) is 1. The number of benzene rings is 2. The predicted octanol–water partition coefficient (Wildman–Crippen LogP) is 4.96. The number of aromatic hydroxyl groups is 1. The molecular formula is C23H22N2O2. The lowest BCUT2D eigenvalue weighted by Crippen LogP contribution is -2.04. The lowest BCUT2D eigenvalue weighted by Gasteiger charge is -2.12. The van der Waals surface area contributed by atoms with Crippen molar-refractivity contribution in [1.82, 2.24) is 4.57 Å². The summed E-state index contributed by atoms with van der Waals surface area (Å²) < 4.78 is 1.87. The maximum atomic E-state index is 12.8. The fourth-order valence-corrected chi connectivity index (χ4v) is 3.60. The van der Waals surface area contributed by atoms with E-state index in [1.165, 1.54) is 0 Å². The quantitative estimate of drug-likeness (QED) is 0.701. The zero-order valence-electron chi connectivity index (χ0n) is 15.6. The number of nitrogens with zero attached hydrogens (tertiary/aromatic N) is 2. The first-order valence-corrected chi connectivity index (χ1v) is 9.33. The summed E-state index contributed by atoms with van der Waals surface area (Å²) in [5.41, 5.74) is 5.28. The number of aryl methyl sites for hydroxylation is 1. The molecule has 0 atom stereocenters. The topological polar surface area (TPSA) is 54.6 Å². The molecule has 1 aliphatic heterocycles. The van der Waals surface area contributed by atoms with Crippen LogP contribution in [0.25, 0.3) is 11.3 Å². The molecule has 1 aromatic heterocycles. The van der Waals surface area contributed by atoms with Crippen molar-refractivity contribution in [2.45, 2.75) is 33.2 Å². The average Bonchev–Trinajstić information content (AvgIpc) is 3.17. The minimum absolute atomic E-state index is 0.127. The Morgan fingerprint density at radius 2 is 1.67 bits per heavy atom. The molecule has 0 radical (unpaired) electrons. The van der Waals surface area contributed by atoms with E-state index in [2.05, 4.69) is 11.9 Å². The number of aliphatic imine (C=N–C) groups is 1. The van der Waals surface area contributed by atoms with Gasteiger partial charge in [0, 0.05) is 12.1 Å². The molecule has 4 heteroatoms. The minimum Gasteiger partial charge on any atom is -0.494 e. The molecule has 0 aliphatic carbocycles. The summed E-state index contributed by atoms with van der Waals surface area (Å²) in [6.07, 6.45) is 1.93. The summed E-state index contributed by atoms with van der Waals surface area (Å²) in [5.74, 6) is -0.160. The Hall–Kier alpha value is -3.14. The van der Waals surface area contributed by atoms with Crippen molar-refractivity contribution in [1.29, 1.82) is 0 Å². The number of carbonyl (C=O) groups is 1. The van der Waals surface area contributed by atoms with Gasteiger partial charge in [-0.1, -0.05) is 73.5 Å². The SMILES string of the molecule is CCCCn1c(O)c2c(c1-c1ccc(C)cc1)C(=O)N=C2c1ccccc1. The van der Waals surface area contributed by atoms with Crippen LogP contribution in [0.15, 0.2) is 59.6 Å². The molecule has 1 amide bonds. The number of carbonyl (C=O) groups excluding carboxylic acids is 1. The zero-order valence-corrected chi connectivity index (χ0v) is 15.6. The number of rotatable bonds is 5. The van der Waals surface area contributed by atoms with Crippen molar-refractivity contribution >= 4 is 11.6 Å². The molecular weight excluding hydrogens is 336 g/mol. The van der Waals surface area contributed by atoms with Gasteiger partial charge in [0.15, 0.2) is 0 Å². The molecule has 0 saturated heterocycles. The van der Waals surface area contributed by atoms with Crippen LogP contribution in [-0.4, -0.2) is 21.3 Å². The number of unbranched alkanes of at least 4 members (excludes halogenated alkanes) is 1. The van der Waals surface area contributed by atoms with Crippen LogP contribution < -0.4 is 0 Å². The lowest BCUT2D eigenvalue weighted by atomic mass is 10.00. The highest BCUT2D eigenvalue weighted by atomic mass is 16.3. The van der Waals surface area contributed by atoms with Crippen LogP contribution in [0.3, 0.4) is 0 Å². The summed E-state index contributed by atoms with van der Waals surface area (Å²) in [4.78, 5) is 17.1. The van der Waals surface area contributed by atoms with E-state index < -0.39 is 0 Å². The number of fused-ring (bicyclic) bond motifs is 1. The van der Waals surface area contributed by atoms with Crippen LogP contribution in [-0.2, 0) is 6.54 Å². The molecule has 2 aromatic carbocycles. The molecule has 4 nitrogen and oxygen atoms in total. The van der Waals surface area contributed by atoms with Crippen molar-refractivity contribution in [3.8, 4) is 17.1 Å². The van der Waals surface area contributed by atoms with Gasteiger partial charge in [0.1, 0.15) is 0 Å². The number of aromatic nitrogens is 1. The van der Waals surface area contributed by atoms with E-state index in [-0.39, 0.29) is 11.8 Å². The second-order valence-corrected chi connectivity index (χ2v) is 6.93. The summed E-state index contributed by atoms with van der Waals surface area (Å²) in [7, 11) is 0. The second-order valence-electron chi connectivity index (χ2n) is 6.93. The Labute approximate surface area is 158 Å². The van der Waals surface area contributed by atoms with Crippen LogP contribution in [0.1, 0.15) is 46.8 Å². The van der Waals surface area contributed by atoms with Crippen LogP contribution >= 0.6 is 0 Å². The summed E-state index contributed by atoms with van der Waals surface area (Å²) in [6.45, 7) is 4.80. The molecule has 0 bridgehead atoms. The molecule has 2 heterocycles. The summed E-state index contributed by atoms with van der Waals surface area (Å²) in [5, 5.41) is 11.1. The van der Waals surface area contributed by atoms with Crippen LogP contribution in [0.5, 0.6) is 5.88 Å². The smallest absolute Gasteiger partial charge is 0.280 e. The molecule has 1 N–H and O–H groups in total. The maximum Gasteiger partial charge on any atom is 0.280 e. The fourth-order valence-electron chi connectivity index (χ4n) is 3.60. The lowest BCUT2D eigenvalue weighted by molar-refractivity contribution is 0.101. The van der Waals surface area contributed by atoms with Gasteiger partial charge >= 0.3 is 0 Å². The fraction of sp³-hybridized carbons (Fsp3) is 0.217. The van der Waals surface area contributed by atoms with E-state index in [1.54, 1.807) is 0 Å². The number of amides is 1. The van der Waals surface area contributed by atoms with E-state index in [9.17, 15) is 9.90 Å². The Bertz CT molecular complexity index is 1030. The first kappa shape index (κ1) is 17.3. The first-order valence-electron chi connectivity index (χ1n) is 9.33. The van der Waals surface area contributed by atoms with Gasteiger partial charge in [0.05, 0.1) is 22.5 Å². The standard InChI is InChI=1S/C23H22N2O2/c1-3-4-14-25-21(17-12-10-15(2)11-13-17)19-18(23(25)27)20(24-22(19)26)16-8-6-5-7-9-16/h5-13,27H,3-4,14H2,1-2H3. The van der Waals surface area contributed by atoms with Crippen LogP contribution in [0.4, 0.5) is 0 Å². The molecule has 0 unspecified atom stereocenters. The molecule has 4 rings (SSSR count). The molecule has 27 heavy (non-hydrogen) atoms. The van der Waals surface area contributed by atoms with Crippen LogP contribution in [0.2, 0.25) is 0 Å². The molecule has 0 fully saturated rings. The summed E-state index contributed by atoms with van der Waals surface area (Å²) in [6, 6.07) is 17.6. The van der Waals surface area contributed by atoms with Gasteiger partial charge in [-0.2, -0.15) is 0 Å². The Morgan fingerprint density at radius 3 is 2.33 bits per heavy atom. The van der Waals surface area contributed by atoms with Crippen molar-refractivity contribution < 1.29 is 9.90 Å². The Kier molecular flexibility index (Phi) is 4.40. The Morgan fingerprint density at radius 1 is 0.963 bits per heavy atom. The van der Waals surface area contributed by atoms with E-state index in [0.717, 1.165) is 35.2 Å². The largest absolute Gasteiger partial charge is 0.494 e. The normalized spacial score (nSPS) is 13.0. The molecule has 3 aromatic rings. The average molecular weight is 358 g/mol. The molecule has 1 aliphatic rings. The third-order valence-electron chi connectivity index (χ3n) is 5.01. The first-order chi connectivity index (χ1) is 13.1. The Balaban J connectivity index is 1.95. The molecule has 0 spiro atoms. The predicted molar refractivity (Wildman–Crippen MR) is 108 cm³/mol. The van der Waals surface area contributed by atoms with E-state index >= 15 is 0 Å². The minimum atomic E-state index is -0.287. The van der Waals surface area contributed by atoms with Gasteiger partial charge in [-0.3, -0.25) is 4.79 Å². The third-order valence-corrected chi connectivity index (χ3v) is 5.01.